The maximum absolute atomic E-state index is 11.7. The number of pyridine rings is 2. The van der Waals surface area contributed by atoms with Crippen LogP contribution < -0.4 is 15.8 Å². The number of fused-ring (bicyclic) bond motifs is 1. The van der Waals surface area contributed by atoms with Crippen LogP contribution in [0.1, 0.15) is 6.92 Å². The molecule has 1 aromatic carbocycles. The van der Waals surface area contributed by atoms with Crippen LogP contribution in [-0.4, -0.2) is 52.0 Å². The lowest BCUT2D eigenvalue weighted by Crippen LogP contribution is -2.46. The molecule has 3 aromatic heterocycles. The van der Waals surface area contributed by atoms with Gasteiger partial charge in [-0.05, 0) is 49.0 Å². The van der Waals surface area contributed by atoms with Gasteiger partial charge in [-0.2, -0.15) is 0 Å². The monoisotopic (exact) mass is 414 g/mol. The zero-order valence-corrected chi connectivity index (χ0v) is 17.6. The highest BCUT2D eigenvalue weighted by atomic mass is 16.1. The number of aromatic amines is 1. The smallest absolute Gasteiger partial charge is 0.248 e. The van der Waals surface area contributed by atoms with Crippen molar-refractivity contribution in [3.63, 3.8) is 0 Å². The minimum absolute atomic E-state index is 0.121. The zero-order valence-electron chi connectivity index (χ0n) is 17.6. The number of H-pyrrole nitrogens is 1. The van der Waals surface area contributed by atoms with E-state index in [0.29, 0.717) is 0 Å². The van der Waals surface area contributed by atoms with Gasteiger partial charge in [0.05, 0.1) is 11.4 Å². The van der Waals surface area contributed by atoms with Gasteiger partial charge in [-0.15, -0.1) is 0 Å². The first-order valence-corrected chi connectivity index (χ1v) is 10.7. The summed E-state index contributed by atoms with van der Waals surface area (Å²) in [4.78, 5) is 23.8. The molecule has 158 valence electrons. The number of anilines is 3. The van der Waals surface area contributed by atoms with Crippen molar-refractivity contribution >= 4 is 22.7 Å². The van der Waals surface area contributed by atoms with E-state index >= 15 is 0 Å². The number of nitrogens with one attached hydrogen (secondary N) is 2. The van der Waals surface area contributed by atoms with Gasteiger partial charge in [-0.25, -0.2) is 4.98 Å². The molecular formula is C24H26N6O. The summed E-state index contributed by atoms with van der Waals surface area (Å²) in [6, 6.07) is 16.1. The molecule has 7 heteroatoms. The maximum atomic E-state index is 11.7. The lowest BCUT2D eigenvalue weighted by atomic mass is 10.1. The van der Waals surface area contributed by atoms with Crippen LogP contribution in [0, 0.1) is 0 Å². The van der Waals surface area contributed by atoms with Gasteiger partial charge in [0.15, 0.2) is 5.65 Å². The molecule has 31 heavy (non-hydrogen) atoms. The third kappa shape index (κ3) is 3.92. The molecular weight excluding hydrogens is 388 g/mol. The maximum Gasteiger partial charge on any atom is 0.248 e. The van der Waals surface area contributed by atoms with Gasteiger partial charge in [-0.3, -0.25) is 9.20 Å². The molecule has 0 spiro atoms. The first-order chi connectivity index (χ1) is 15.2. The van der Waals surface area contributed by atoms with Gasteiger partial charge in [0, 0.05) is 67.8 Å². The molecule has 2 N–H and O–H groups in total. The summed E-state index contributed by atoms with van der Waals surface area (Å²) in [5.41, 5.74) is 5.67. The van der Waals surface area contributed by atoms with E-state index in [9.17, 15) is 4.79 Å². The van der Waals surface area contributed by atoms with Crippen LogP contribution in [0.3, 0.4) is 0 Å². The van der Waals surface area contributed by atoms with Crippen molar-refractivity contribution in [2.24, 2.45) is 0 Å². The molecule has 5 rings (SSSR count). The van der Waals surface area contributed by atoms with Crippen LogP contribution in [0.5, 0.6) is 0 Å². The fourth-order valence-corrected chi connectivity index (χ4v) is 4.18. The van der Waals surface area contributed by atoms with Gasteiger partial charge in [-0.1, -0.05) is 6.92 Å². The Bertz CT molecular complexity index is 1230. The number of hydrogen-bond donors (Lipinski definition) is 2. The van der Waals surface area contributed by atoms with E-state index in [-0.39, 0.29) is 5.56 Å². The fourth-order valence-electron chi connectivity index (χ4n) is 4.18. The number of aromatic nitrogens is 3. The van der Waals surface area contributed by atoms with Crippen LogP contribution in [-0.2, 0) is 0 Å². The number of hydrogen-bond acceptors (Lipinski definition) is 5. The summed E-state index contributed by atoms with van der Waals surface area (Å²) in [5.74, 6) is 0. The number of nitrogens with zero attached hydrogens (tertiary/aromatic N) is 4. The molecule has 7 nitrogen and oxygen atoms in total. The first kappa shape index (κ1) is 19.4. The molecule has 1 fully saturated rings. The van der Waals surface area contributed by atoms with Crippen molar-refractivity contribution in [2.45, 2.75) is 6.92 Å². The van der Waals surface area contributed by atoms with Gasteiger partial charge >= 0.3 is 0 Å². The van der Waals surface area contributed by atoms with E-state index in [1.165, 1.54) is 5.69 Å². The Morgan fingerprint density at radius 2 is 1.84 bits per heavy atom. The number of piperazine rings is 1. The second-order valence-corrected chi connectivity index (χ2v) is 7.79. The van der Waals surface area contributed by atoms with Gasteiger partial charge in [0.2, 0.25) is 5.56 Å². The predicted octanol–water partition coefficient (Wildman–Crippen LogP) is 3.58. The van der Waals surface area contributed by atoms with E-state index in [4.69, 9.17) is 0 Å². The second kappa shape index (κ2) is 8.28. The highest BCUT2D eigenvalue weighted by Crippen LogP contribution is 2.28. The van der Waals surface area contributed by atoms with Crippen LogP contribution in [0.4, 0.5) is 17.1 Å². The minimum Gasteiger partial charge on any atom is -0.369 e. The highest BCUT2D eigenvalue weighted by molar-refractivity contribution is 5.78. The van der Waals surface area contributed by atoms with E-state index in [0.717, 1.165) is 61.0 Å². The average Bonchev–Trinajstić information content (AvgIpc) is 3.30. The summed E-state index contributed by atoms with van der Waals surface area (Å²) >= 11 is 0. The molecule has 0 bridgehead atoms. The Morgan fingerprint density at radius 1 is 1.03 bits per heavy atom. The minimum atomic E-state index is -0.121. The van der Waals surface area contributed by atoms with Crippen molar-refractivity contribution in [1.82, 2.24) is 19.3 Å². The zero-order chi connectivity index (χ0) is 21.2. The number of likely N-dealkylation sites (N-methyl/N-ethyl adjacent to an activating group) is 1. The average molecular weight is 415 g/mol. The Hall–Kier alpha value is -3.58. The lowest BCUT2D eigenvalue weighted by Gasteiger charge is -2.35. The van der Waals surface area contributed by atoms with Crippen molar-refractivity contribution in [1.29, 1.82) is 0 Å². The Kier molecular flexibility index (Phi) is 5.18. The van der Waals surface area contributed by atoms with Crippen molar-refractivity contribution in [2.75, 3.05) is 42.9 Å². The number of rotatable bonds is 5. The summed E-state index contributed by atoms with van der Waals surface area (Å²) in [6.45, 7) is 7.72. The van der Waals surface area contributed by atoms with Gasteiger partial charge < -0.3 is 20.1 Å². The Labute approximate surface area is 181 Å². The molecule has 0 amide bonds. The van der Waals surface area contributed by atoms with Crippen molar-refractivity contribution < 1.29 is 0 Å². The highest BCUT2D eigenvalue weighted by Gasteiger charge is 2.16. The molecule has 0 unspecified atom stereocenters. The van der Waals surface area contributed by atoms with Crippen molar-refractivity contribution in [3.8, 4) is 11.3 Å². The lowest BCUT2D eigenvalue weighted by molar-refractivity contribution is 0.271. The number of benzene rings is 1. The topological polar surface area (TPSA) is 68.7 Å². The molecule has 0 saturated carbocycles. The normalized spacial score (nSPS) is 14.8. The van der Waals surface area contributed by atoms with Crippen LogP contribution >= 0.6 is 0 Å². The molecule has 4 aromatic rings. The Morgan fingerprint density at radius 3 is 2.58 bits per heavy atom. The summed E-state index contributed by atoms with van der Waals surface area (Å²) < 4.78 is 2.00. The van der Waals surface area contributed by atoms with Gasteiger partial charge in [0.1, 0.15) is 0 Å². The second-order valence-electron chi connectivity index (χ2n) is 7.79. The quantitative estimate of drug-likeness (QED) is 0.523. The largest absolute Gasteiger partial charge is 0.369 e. The van der Waals surface area contributed by atoms with Gasteiger partial charge in [0.25, 0.3) is 0 Å². The SMILES string of the molecule is CCN1CCN(c2ccc(Nc3ccc(-c4cc[nH]c(=O)c4)n4ccnc34)cc2)CC1. The molecule has 1 aliphatic rings. The fraction of sp³-hybridized carbons (Fsp3) is 0.250. The summed E-state index contributed by atoms with van der Waals surface area (Å²) in [6.07, 6.45) is 5.35. The molecule has 0 aliphatic carbocycles. The third-order valence-electron chi connectivity index (χ3n) is 5.95. The summed E-state index contributed by atoms with van der Waals surface area (Å²) in [7, 11) is 0. The Balaban J connectivity index is 1.37. The third-order valence-corrected chi connectivity index (χ3v) is 5.95. The standard InChI is InChI=1S/C24H26N6O/c1-2-28-13-15-29(16-14-28)20-5-3-19(4-6-20)27-21-7-8-22(30-12-11-26-24(21)30)18-9-10-25-23(31)17-18/h3-12,17,27H,2,13-16H2,1H3,(H,25,31). The molecule has 0 radical (unpaired) electrons. The summed E-state index contributed by atoms with van der Waals surface area (Å²) in [5, 5.41) is 3.49. The van der Waals surface area contributed by atoms with Crippen LogP contribution in [0.25, 0.3) is 16.9 Å². The first-order valence-electron chi connectivity index (χ1n) is 10.7. The molecule has 4 heterocycles. The van der Waals surface area contributed by atoms with E-state index < -0.39 is 0 Å². The van der Waals surface area contributed by atoms with Crippen LogP contribution in [0.2, 0.25) is 0 Å². The molecule has 1 saturated heterocycles. The van der Waals surface area contributed by atoms with E-state index in [1.807, 2.05) is 28.8 Å². The van der Waals surface area contributed by atoms with Crippen LogP contribution in [0.15, 0.2) is 71.9 Å². The molecule has 0 atom stereocenters. The van der Waals surface area contributed by atoms with E-state index in [2.05, 4.69) is 56.3 Å². The predicted molar refractivity (Wildman–Crippen MR) is 125 cm³/mol. The van der Waals surface area contributed by atoms with Crippen molar-refractivity contribution in [3.05, 3.63) is 77.5 Å². The molecule has 1 aliphatic heterocycles. The number of imidazole rings is 1. The van der Waals surface area contributed by atoms with E-state index in [1.54, 1.807) is 18.5 Å².